The summed E-state index contributed by atoms with van der Waals surface area (Å²) in [5.41, 5.74) is 1.19. The molecule has 3 heteroatoms. The number of benzene rings is 1. The van der Waals surface area contributed by atoms with Crippen LogP contribution in [0.5, 0.6) is 5.75 Å². The van der Waals surface area contributed by atoms with E-state index in [-0.39, 0.29) is 5.75 Å². The number of hydrogen-bond donors (Lipinski definition) is 2. The third-order valence-corrected chi connectivity index (χ3v) is 2.15. The summed E-state index contributed by atoms with van der Waals surface area (Å²) < 4.78 is 13.0. The maximum Gasteiger partial charge on any atom is 0.139 e. The topological polar surface area (TPSA) is 36.0 Å². The minimum Gasteiger partial charge on any atom is -0.506 e. The van der Waals surface area contributed by atoms with Gasteiger partial charge in [-0.1, -0.05) is 12.1 Å². The van der Waals surface area contributed by atoms with Gasteiger partial charge in [0.1, 0.15) is 11.9 Å². The number of aromatic hydroxyl groups is 1. The van der Waals surface area contributed by atoms with Gasteiger partial charge < -0.3 is 10.1 Å². The molecule has 0 spiro atoms. The Morgan fingerprint density at radius 3 is 2.92 bits per heavy atom. The normalized spacial score (nSPS) is 13.4. The fraction of sp³-hybridized carbons (Fsp3) is 0.200. The van der Waals surface area contributed by atoms with Crippen molar-refractivity contribution in [3.05, 3.63) is 30.0 Å². The van der Waals surface area contributed by atoms with E-state index in [2.05, 4.69) is 4.98 Å². The highest BCUT2D eigenvalue weighted by Crippen LogP contribution is 2.30. The molecule has 0 saturated heterocycles. The summed E-state index contributed by atoms with van der Waals surface area (Å²) in [7, 11) is 0. The van der Waals surface area contributed by atoms with Gasteiger partial charge in [-0.2, -0.15) is 0 Å². The van der Waals surface area contributed by atoms with Crippen LogP contribution in [-0.2, 0) is 0 Å². The highest BCUT2D eigenvalue weighted by atomic mass is 19.1. The molecule has 0 amide bonds. The molecule has 2 aromatic rings. The number of aromatic amines is 1. The average molecular weight is 179 g/mol. The fourth-order valence-electron chi connectivity index (χ4n) is 1.49. The van der Waals surface area contributed by atoms with Crippen LogP contribution in [0, 0.1) is 0 Å². The molecule has 0 fully saturated rings. The van der Waals surface area contributed by atoms with Crippen LogP contribution in [0.1, 0.15) is 18.7 Å². The van der Waals surface area contributed by atoms with E-state index >= 15 is 0 Å². The summed E-state index contributed by atoms with van der Waals surface area (Å²) in [5.74, 6) is 0.157. The van der Waals surface area contributed by atoms with E-state index in [0.29, 0.717) is 11.1 Å². The van der Waals surface area contributed by atoms with Crippen molar-refractivity contribution in [2.45, 2.75) is 13.1 Å². The lowest BCUT2D eigenvalue weighted by atomic mass is 10.1. The Bertz CT molecular complexity index is 433. The largest absolute Gasteiger partial charge is 0.506 e. The molecule has 13 heavy (non-hydrogen) atoms. The second-order valence-electron chi connectivity index (χ2n) is 3.06. The number of para-hydroxylation sites is 1. The van der Waals surface area contributed by atoms with Crippen LogP contribution in [0.15, 0.2) is 24.4 Å². The minimum absolute atomic E-state index is 0.157. The highest BCUT2D eigenvalue weighted by molar-refractivity contribution is 5.88. The zero-order valence-corrected chi connectivity index (χ0v) is 7.21. The van der Waals surface area contributed by atoms with Gasteiger partial charge in [0.2, 0.25) is 0 Å². The number of phenols is 1. The van der Waals surface area contributed by atoms with Gasteiger partial charge in [-0.3, -0.25) is 0 Å². The first kappa shape index (κ1) is 8.10. The molecule has 2 N–H and O–H groups in total. The third kappa shape index (κ3) is 1.16. The summed E-state index contributed by atoms with van der Waals surface area (Å²) in [4.78, 5) is 2.85. The van der Waals surface area contributed by atoms with Crippen LogP contribution < -0.4 is 0 Å². The number of fused-ring (bicyclic) bond motifs is 1. The first-order valence-corrected chi connectivity index (χ1v) is 4.13. The molecule has 1 unspecified atom stereocenters. The predicted octanol–water partition coefficient (Wildman–Crippen LogP) is 2.90. The van der Waals surface area contributed by atoms with Crippen molar-refractivity contribution < 1.29 is 9.50 Å². The molecule has 0 aliphatic heterocycles. The monoisotopic (exact) mass is 179 g/mol. The molecule has 1 heterocycles. The van der Waals surface area contributed by atoms with Gasteiger partial charge >= 0.3 is 0 Å². The number of aromatic nitrogens is 1. The van der Waals surface area contributed by atoms with Crippen LogP contribution in [0.3, 0.4) is 0 Å². The number of nitrogens with one attached hydrogen (secondary N) is 1. The Hall–Kier alpha value is -1.51. The highest BCUT2D eigenvalue weighted by Gasteiger charge is 2.11. The number of rotatable bonds is 1. The van der Waals surface area contributed by atoms with E-state index in [9.17, 15) is 9.50 Å². The molecule has 2 rings (SSSR count). The lowest BCUT2D eigenvalue weighted by Gasteiger charge is -1.99. The molecule has 2 nitrogen and oxygen atoms in total. The second kappa shape index (κ2) is 2.76. The predicted molar refractivity (Wildman–Crippen MR) is 49.5 cm³/mol. The fourth-order valence-corrected chi connectivity index (χ4v) is 1.49. The summed E-state index contributed by atoms with van der Waals surface area (Å²) in [6, 6.07) is 5.07. The SMILES string of the molecule is CC(F)c1c[nH]c2c(O)cccc12. The summed E-state index contributed by atoms with van der Waals surface area (Å²) >= 11 is 0. The van der Waals surface area contributed by atoms with Crippen molar-refractivity contribution in [1.82, 2.24) is 4.98 Å². The molecule has 1 atom stereocenters. The van der Waals surface area contributed by atoms with E-state index in [1.807, 2.05) is 0 Å². The van der Waals surface area contributed by atoms with E-state index in [0.717, 1.165) is 5.39 Å². The standard InChI is InChI=1S/C10H10FNO/c1-6(11)8-5-12-10-7(8)3-2-4-9(10)13/h2-6,12-13H,1H3. The number of phenolic OH excluding ortho intramolecular Hbond substituents is 1. The second-order valence-corrected chi connectivity index (χ2v) is 3.06. The Labute approximate surface area is 75.0 Å². The summed E-state index contributed by atoms with van der Waals surface area (Å²) in [6.07, 6.45) is 0.574. The average Bonchev–Trinajstić information content (AvgIpc) is 2.48. The van der Waals surface area contributed by atoms with Gasteiger partial charge in [0.15, 0.2) is 0 Å². The number of hydrogen-bond acceptors (Lipinski definition) is 1. The van der Waals surface area contributed by atoms with Crippen LogP contribution in [0.25, 0.3) is 10.9 Å². The zero-order chi connectivity index (χ0) is 9.42. The smallest absolute Gasteiger partial charge is 0.139 e. The first-order chi connectivity index (χ1) is 6.20. The van der Waals surface area contributed by atoms with E-state index in [4.69, 9.17) is 0 Å². The van der Waals surface area contributed by atoms with Crippen molar-refractivity contribution in [1.29, 1.82) is 0 Å². The Balaban J connectivity index is 2.75. The van der Waals surface area contributed by atoms with Gasteiger partial charge in [0.05, 0.1) is 5.52 Å². The third-order valence-electron chi connectivity index (χ3n) is 2.15. The van der Waals surface area contributed by atoms with E-state index in [1.54, 1.807) is 24.4 Å². The van der Waals surface area contributed by atoms with Crippen LogP contribution in [0.2, 0.25) is 0 Å². The minimum atomic E-state index is -1.02. The van der Waals surface area contributed by atoms with E-state index < -0.39 is 6.17 Å². The van der Waals surface area contributed by atoms with Gasteiger partial charge in [-0.05, 0) is 13.0 Å². The molecule has 0 aliphatic carbocycles. The first-order valence-electron chi connectivity index (χ1n) is 4.13. The maximum absolute atomic E-state index is 13.0. The maximum atomic E-state index is 13.0. The van der Waals surface area contributed by atoms with Gasteiger partial charge in [0.25, 0.3) is 0 Å². The van der Waals surface area contributed by atoms with Crippen molar-refractivity contribution in [3.8, 4) is 5.75 Å². The molecule has 1 aromatic carbocycles. The van der Waals surface area contributed by atoms with Crippen molar-refractivity contribution in [2.75, 3.05) is 0 Å². The summed E-state index contributed by atoms with van der Waals surface area (Å²) in [5, 5.41) is 10.2. The van der Waals surface area contributed by atoms with Crippen LogP contribution in [-0.4, -0.2) is 10.1 Å². The Kier molecular flexibility index (Phi) is 1.72. The Morgan fingerprint density at radius 1 is 1.46 bits per heavy atom. The van der Waals surface area contributed by atoms with Gasteiger partial charge in [-0.25, -0.2) is 4.39 Å². The van der Waals surface area contributed by atoms with Crippen molar-refractivity contribution in [3.63, 3.8) is 0 Å². The molecule has 0 radical (unpaired) electrons. The zero-order valence-electron chi connectivity index (χ0n) is 7.21. The Morgan fingerprint density at radius 2 is 2.23 bits per heavy atom. The lowest BCUT2D eigenvalue weighted by Crippen LogP contribution is -1.81. The molecular weight excluding hydrogens is 169 g/mol. The van der Waals surface area contributed by atoms with Gasteiger partial charge in [0, 0.05) is 17.1 Å². The molecule has 0 bridgehead atoms. The number of halogens is 1. The number of H-pyrrole nitrogens is 1. The number of alkyl halides is 1. The quantitative estimate of drug-likeness (QED) is 0.693. The van der Waals surface area contributed by atoms with Crippen molar-refractivity contribution in [2.24, 2.45) is 0 Å². The van der Waals surface area contributed by atoms with Crippen molar-refractivity contribution >= 4 is 10.9 Å². The molecule has 1 aromatic heterocycles. The summed E-state index contributed by atoms with van der Waals surface area (Å²) in [6.45, 7) is 1.48. The van der Waals surface area contributed by atoms with E-state index in [1.165, 1.54) is 6.92 Å². The van der Waals surface area contributed by atoms with Crippen LogP contribution in [0.4, 0.5) is 4.39 Å². The lowest BCUT2D eigenvalue weighted by molar-refractivity contribution is 0.376. The van der Waals surface area contributed by atoms with Crippen LogP contribution >= 0.6 is 0 Å². The molecular formula is C10H10FNO. The molecule has 0 saturated carbocycles. The van der Waals surface area contributed by atoms with Gasteiger partial charge in [-0.15, -0.1) is 0 Å². The molecule has 0 aliphatic rings. The molecule has 68 valence electrons.